The molecular weight excluding hydrogens is 172 g/mol. The number of rotatable bonds is 5. The number of ether oxygens (including phenoxy) is 1. The lowest BCUT2D eigenvalue weighted by molar-refractivity contribution is -0.143. The zero-order valence-corrected chi connectivity index (χ0v) is 7.50. The first-order valence-electron chi connectivity index (χ1n) is 3.96. The van der Waals surface area contributed by atoms with Gasteiger partial charge in [0.15, 0.2) is 0 Å². The van der Waals surface area contributed by atoms with Crippen LogP contribution in [0.5, 0.6) is 0 Å². The van der Waals surface area contributed by atoms with Crippen molar-refractivity contribution in [2.24, 2.45) is 0 Å². The van der Waals surface area contributed by atoms with Crippen LogP contribution in [0.25, 0.3) is 4.85 Å². The van der Waals surface area contributed by atoms with E-state index in [1.165, 1.54) is 0 Å². The first-order valence-corrected chi connectivity index (χ1v) is 3.96. The molecule has 0 atom stereocenters. The second-order valence-corrected chi connectivity index (χ2v) is 2.22. The van der Waals surface area contributed by atoms with Gasteiger partial charge in [0.25, 0.3) is 12.5 Å². The molecular formula is C8H12N2O3. The zero-order chi connectivity index (χ0) is 10.1. The average molecular weight is 184 g/mol. The molecule has 0 aliphatic heterocycles. The molecule has 0 saturated carbocycles. The van der Waals surface area contributed by atoms with Gasteiger partial charge < -0.3 is 14.9 Å². The van der Waals surface area contributed by atoms with E-state index in [-0.39, 0.29) is 31.4 Å². The van der Waals surface area contributed by atoms with Crippen molar-refractivity contribution in [1.82, 2.24) is 5.32 Å². The minimum absolute atomic E-state index is 0.150. The van der Waals surface area contributed by atoms with Gasteiger partial charge in [-0.05, 0) is 6.92 Å². The van der Waals surface area contributed by atoms with Gasteiger partial charge in [0.05, 0.1) is 13.0 Å². The van der Waals surface area contributed by atoms with E-state index < -0.39 is 0 Å². The van der Waals surface area contributed by atoms with Gasteiger partial charge in [-0.2, -0.15) is 0 Å². The molecule has 1 amide bonds. The van der Waals surface area contributed by atoms with Crippen molar-refractivity contribution in [2.75, 3.05) is 19.7 Å². The number of nitrogens with one attached hydrogen (secondary N) is 1. The number of carbonyl (C=O) groups excluding carboxylic acids is 2. The van der Waals surface area contributed by atoms with Crippen molar-refractivity contribution >= 4 is 11.9 Å². The van der Waals surface area contributed by atoms with Gasteiger partial charge in [-0.25, -0.2) is 6.57 Å². The van der Waals surface area contributed by atoms with E-state index in [4.69, 9.17) is 6.57 Å². The molecule has 0 rings (SSSR count). The normalized spacial score (nSPS) is 8.62. The second-order valence-electron chi connectivity index (χ2n) is 2.22. The highest BCUT2D eigenvalue weighted by Gasteiger charge is 2.05. The Hall–Kier alpha value is -1.57. The Morgan fingerprint density at radius 1 is 1.54 bits per heavy atom. The van der Waals surface area contributed by atoms with Crippen molar-refractivity contribution in [3.63, 3.8) is 0 Å². The maximum atomic E-state index is 10.7. The fourth-order valence-corrected chi connectivity index (χ4v) is 0.665. The first kappa shape index (κ1) is 11.4. The number of hydrogen-bond acceptors (Lipinski definition) is 3. The van der Waals surface area contributed by atoms with Gasteiger partial charge in [0.1, 0.15) is 0 Å². The molecule has 0 bridgehead atoms. The summed E-state index contributed by atoms with van der Waals surface area (Å²) in [5.74, 6) is -0.704. The molecule has 0 aromatic carbocycles. The molecule has 0 aliphatic rings. The summed E-state index contributed by atoms with van der Waals surface area (Å²) in [6, 6.07) is 0. The number of nitrogens with zero attached hydrogens (tertiary/aromatic N) is 1. The maximum absolute atomic E-state index is 10.7. The van der Waals surface area contributed by atoms with Gasteiger partial charge in [-0.1, -0.05) is 0 Å². The van der Waals surface area contributed by atoms with E-state index >= 15 is 0 Å². The topological polar surface area (TPSA) is 59.8 Å². The van der Waals surface area contributed by atoms with E-state index in [1.54, 1.807) is 6.92 Å². The highest BCUT2D eigenvalue weighted by molar-refractivity contribution is 5.80. The van der Waals surface area contributed by atoms with Crippen molar-refractivity contribution in [1.29, 1.82) is 0 Å². The van der Waals surface area contributed by atoms with Gasteiger partial charge in [-0.15, -0.1) is 0 Å². The molecule has 5 nitrogen and oxygen atoms in total. The Labute approximate surface area is 76.9 Å². The number of hydrogen-bond donors (Lipinski definition) is 1. The van der Waals surface area contributed by atoms with Gasteiger partial charge in [0.2, 0.25) is 0 Å². The molecule has 0 unspecified atom stereocenters. The third-order valence-electron chi connectivity index (χ3n) is 1.18. The van der Waals surface area contributed by atoms with E-state index in [9.17, 15) is 9.59 Å². The quantitative estimate of drug-likeness (QED) is 0.482. The van der Waals surface area contributed by atoms with E-state index in [0.29, 0.717) is 6.61 Å². The maximum Gasteiger partial charge on any atom is 0.307 e. The number of esters is 1. The van der Waals surface area contributed by atoms with Gasteiger partial charge in [0, 0.05) is 6.54 Å². The lowest BCUT2D eigenvalue weighted by atomic mass is 10.4. The van der Waals surface area contributed by atoms with Crippen LogP contribution in [0.2, 0.25) is 0 Å². The number of carbonyl (C=O) groups is 2. The average Bonchev–Trinajstić information content (AvgIpc) is 2.05. The fourth-order valence-electron chi connectivity index (χ4n) is 0.665. The molecule has 13 heavy (non-hydrogen) atoms. The van der Waals surface area contributed by atoms with Crippen molar-refractivity contribution in [3.8, 4) is 0 Å². The van der Waals surface area contributed by atoms with E-state index in [1.807, 2.05) is 0 Å². The third kappa shape index (κ3) is 6.81. The molecule has 0 aromatic rings. The summed E-state index contributed by atoms with van der Waals surface area (Å²) < 4.78 is 4.63. The summed E-state index contributed by atoms with van der Waals surface area (Å²) in [4.78, 5) is 24.3. The summed E-state index contributed by atoms with van der Waals surface area (Å²) in [7, 11) is 0. The molecule has 0 aliphatic carbocycles. The van der Waals surface area contributed by atoms with Crippen LogP contribution in [0.15, 0.2) is 0 Å². The van der Waals surface area contributed by atoms with Crippen molar-refractivity contribution in [2.45, 2.75) is 13.3 Å². The molecule has 0 fully saturated rings. The molecule has 0 spiro atoms. The largest absolute Gasteiger partial charge is 0.466 e. The lowest BCUT2D eigenvalue weighted by Gasteiger charge is -2.01. The highest BCUT2D eigenvalue weighted by atomic mass is 16.5. The van der Waals surface area contributed by atoms with E-state index in [2.05, 4.69) is 14.9 Å². The summed E-state index contributed by atoms with van der Waals surface area (Å²) in [6.07, 6.45) is 0.150. The Morgan fingerprint density at radius 3 is 2.77 bits per heavy atom. The molecule has 5 heteroatoms. The first-order chi connectivity index (χ1) is 6.20. The van der Waals surface area contributed by atoms with Crippen LogP contribution in [-0.4, -0.2) is 31.6 Å². The van der Waals surface area contributed by atoms with Crippen LogP contribution in [0.3, 0.4) is 0 Å². The minimum Gasteiger partial charge on any atom is -0.466 e. The monoisotopic (exact) mass is 184 g/mol. The summed E-state index contributed by atoms with van der Waals surface area (Å²) in [5.41, 5.74) is 0. The van der Waals surface area contributed by atoms with E-state index in [0.717, 1.165) is 0 Å². The smallest absolute Gasteiger partial charge is 0.307 e. The lowest BCUT2D eigenvalue weighted by Crippen LogP contribution is -2.27. The molecule has 0 heterocycles. The fraction of sp³-hybridized carbons (Fsp3) is 0.625. The summed E-state index contributed by atoms with van der Waals surface area (Å²) >= 11 is 0. The number of amides is 1. The van der Waals surface area contributed by atoms with Crippen LogP contribution < -0.4 is 5.32 Å². The van der Waals surface area contributed by atoms with Crippen LogP contribution in [0.4, 0.5) is 0 Å². The minimum atomic E-state index is -0.362. The molecule has 0 saturated heterocycles. The molecule has 72 valence electrons. The zero-order valence-electron chi connectivity index (χ0n) is 7.50. The SMILES string of the molecule is [C-]#[N+]CC(=O)NCCC(=O)OCC. The van der Waals surface area contributed by atoms with Crippen LogP contribution in [0, 0.1) is 6.57 Å². The van der Waals surface area contributed by atoms with Gasteiger partial charge >= 0.3 is 5.97 Å². The van der Waals surface area contributed by atoms with Crippen LogP contribution >= 0.6 is 0 Å². The summed E-state index contributed by atoms with van der Waals surface area (Å²) in [6.45, 7) is 8.49. The Bertz CT molecular complexity index is 220. The molecule has 0 radical (unpaired) electrons. The van der Waals surface area contributed by atoms with Crippen molar-refractivity contribution in [3.05, 3.63) is 11.4 Å². The predicted octanol–water partition coefficient (Wildman–Crippen LogP) is -0.0249. The highest BCUT2D eigenvalue weighted by Crippen LogP contribution is 1.84. The Balaban J connectivity index is 3.40. The van der Waals surface area contributed by atoms with Gasteiger partial charge in [-0.3, -0.25) is 9.59 Å². The summed E-state index contributed by atoms with van der Waals surface area (Å²) in [5, 5.41) is 2.42. The standard InChI is InChI=1S/C8H12N2O3/c1-3-13-8(12)4-5-10-7(11)6-9-2/h3-6H2,1H3,(H,10,11). The van der Waals surface area contributed by atoms with Crippen LogP contribution in [0.1, 0.15) is 13.3 Å². The Kier molecular flexibility index (Phi) is 6.24. The Morgan fingerprint density at radius 2 is 2.23 bits per heavy atom. The molecule has 1 N–H and O–H groups in total. The van der Waals surface area contributed by atoms with Crippen LogP contribution in [-0.2, 0) is 14.3 Å². The third-order valence-corrected chi connectivity index (χ3v) is 1.18. The van der Waals surface area contributed by atoms with Crippen molar-refractivity contribution < 1.29 is 14.3 Å². The second kappa shape index (κ2) is 7.10. The predicted molar refractivity (Wildman–Crippen MR) is 45.7 cm³/mol. The molecule has 0 aromatic heterocycles.